The molecule has 4 N–H and O–H groups in total. The van der Waals surface area contributed by atoms with Crippen molar-refractivity contribution in [2.75, 3.05) is 18.9 Å². The summed E-state index contributed by atoms with van der Waals surface area (Å²) in [6.45, 7) is 9.65. The number of hydrogen-bond acceptors (Lipinski definition) is 7. The number of amides is 1. The first-order chi connectivity index (χ1) is 16.9. The van der Waals surface area contributed by atoms with Crippen LogP contribution in [0.25, 0.3) is 0 Å². The molecule has 0 atom stereocenters. The number of benzene rings is 1. The number of nitrogens with two attached hydrogens (primary N) is 1. The Bertz CT molecular complexity index is 1190. The van der Waals surface area contributed by atoms with Gasteiger partial charge in [0.2, 0.25) is 11.8 Å². The minimum atomic E-state index is -0.755. The number of nitrogens with one attached hydrogen (secondary N) is 1. The van der Waals surface area contributed by atoms with Crippen LogP contribution in [0.2, 0.25) is 5.02 Å². The van der Waals surface area contributed by atoms with Gasteiger partial charge < -0.3 is 20.9 Å². The second-order valence-electron chi connectivity index (χ2n) is 11.1. The van der Waals surface area contributed by atoms with E-state index in [4.69, 9.17) is 27.1 Å². The number of aryl methyl sites for hydroxylation is 1. The van der Waals surface area contributed by atoms with E-state index < -0.39 is 11.0 Å². The van der Waals surface area contributed by atoms with Gasteiger partial charge in [-0.05, 0) is 83.8 Å². The summed E-state index contributed by atoms with van der Waals surface area (Å²) in [6.07, 6.45) is 4.07. The number of ether oxygens (including phenoxy) is 1. The van der Waals surface area contributed by atoms with E-state index in [1.807, 2.05) is 26.0 Å². The second kappa shape index (κ2) is 9.98. The van der Waals surface area contributed by atoms with Gasteiger partial charge >= 0.3 is 0 Å². The summed E-state index contributed by atoms with van der Waals surface area (Å²) >= 11 is 6.81. The lowest BCUT2D eigenvalue weighted by atomic mass is 9.78. The van der Waals surface area contributed by atoms with E-state index in [0.717, 1.165) is 42.5 Å². The van der Waals surface area contributed by atoms with Crippen molar-refractivity contribution in [3.05, 3.63) is 40.2 Å². The average molecular weight is 514 g/mol. The molecule has 1 fully saturated rings. The molecule has 2 aliphatic rings. The van der Waals surface area contributed by atoms with E-state index in [1.54, 1.807) is 20.8 Å². The molecule has 2 heterocycles. The SMILES string of the molecule is Cc1nc(N)c2c(n1)OC(C)(C)C(c1ccc(C3CCC(CNC(=O)C(C)(C)CO)CC3)c(Cl)c1)=N2. The van der Waals surface area contributed by atoms with Crippen LogP contribution in [0.4, 0.5) is 11.5 Å². The van der Waals surface area contributed by atoms with Crippen molar-refractivity contribution in [3.63, 3.8) is 0 Å². The number of aliphatic hydroxyl groups excluding tert-OH is 1. The zero-order valence-corrected chi connectivity index (χ0v) is 22.4. The topological polar surface area (TPSA) is 123 Å². The Morgan fingerprint density at radius 1 is 1.25 bits per heavy atom. The van der Waals surface area contributed by atoms with Gasteiger partial charge in [0.05, 0.1) is 17.7 Å². The highest BCUT2D eigenvalue weighted by Crippen LogP contribution is 2.42. The lowest BCUT2D eigenvalue weighted by Gasteiger charge is -2.33. The smallest absolute Gasteiger partial charge is 0.246 e. The Balaban J connectivity index is 1.46. The van der Waals surface area contributed by atoms with Gasteiger partial charge in [0, 0.05) is 17.1 Å². The molecule has 194 valence electrons. The fourth-order valence-corrected chi connectivity index (χ4v) is 5.25. The first kappa shape index (κ1) is 26.4. The van der Waals surface area contributed by atoms with Gasteiger partial charge in [0.15, 0.2) is 11.5 Å². The largest absolute Gasteiger partial charge is 0.463 e. The predicted molar refractivity (Wildman–Crippen MR) is 142 cm³/mol. The molecular formula is C27H36ClN5O3. The summed E-state index contributed by atoms with van der Waals surface area (Å²) in [5, 5.41) is 13.1. The number of carbonyl (C=O) groups is 1. The zero-order valence-electron chi connectivity index (χ0n) is 21.7. The molecule has 1 aromatic carbocycles. The number of aliphatic imine (C=N–C) groups is 1. The maximum atomic E-state index is 12.3. The molecule has 4 rings (SSSR count). The molecule has 0 unspecified atom stereocenters. The van der Waals surface area contributed by atoms with Crippen LogP contribution >= 0.6 is 11.6 Å². The van der Waals surface area contributed by atoms with Gasteiger partial charge in [-0.3, -0.25) is 4.79 Å². The molecule has 36 heavy (non-hydrogen) atoms. The van der Waals surface area contributed by atoms with E-state index in [-0.39, 0.29) is 12.5 Å². The van der Waals surface area contributed by atoms with E-state index >= 15 is 0 Å². The molecule has 0 saturated heterocycles. The van der Waals surface area contributed by atoms with Gasteiger partial charge in [-0.15, -0.1) is 0 Å². The third kappa shape index (κ3) is 5.34. The number of fused-ring (bicyclic) bond motifs is 1. The molecule has 9 heteroatoms. The highest BCUT2D eigenvalue weighted by molar-refractivity contribution is 6.32. The van der Waals surface area contributed by atoms with Gasteiger partial charge in [-0.25, -0.2) is 9.98 Å². The third-order valence-electron chi connectivity index (χ3n) is 7.26. The number of nitrogen functional groups attached to an aromatic ring is 1. The summed E-state index contributed by atoms with van der Waals surface area (Å²) < 4.78 is 6.17. The van der Waals surface area contributed by atoms with Gasteiger partial charge in [-0.2, -0.15) is 4.98 Å². The van der Waals surface area contributed by atoms with Crippen molar-refractivity contribution < 1.29 is 14.6 Å². The molecule has 0 bridgehead atoms. The first-order valence-electron chi connectivity index (χ1n) is 12.5. The maximum Gasteiger partial charge on any atom is 0.246 e. The van der Waals surface area contributed by atoms with Crippen LogP contribution in [0.1, 0.15) is 76.2 Å². The number of aromatic nitrogens is 2. The number of nitrogens with zero attached hydrogens (tertiary/aromatic N) is 3. The first-order valence-corrected chi connectivity index (χ1v) is 12.9. The monoisotopic (exact) mass is 513 g/mol. The zero-order chi connectivity index (χ0) is 26.3. The molecule has 0 spiro atoms. The number of hydrogen-bond donors (Lipinski definition) is 3. The fraction of sp³-hybridized carbons (Fsp3) is 0.556. The summed E-state index contributed by atoms with van der Waals surface area (Å²) in [6, 6.07) is 6.10. The highest BCUT2D eigenvalue weighted by atomic mass is 35.5. The van der Waals surface area contributed by atoms with Crippen molar-refractivity contribution in [2.24, 2.45) is 16.3 Å². The van der Waals surface area contributed by atoms with Crippen LogP contribution in [0.15, 0.2) is 23.2 Å². The van der Waals surface area contributed by atoms with E-state index in [2.05, 4.69) is 21.4 Å². The van der Waals surface area contributed by atoms with Crippen molar-refractivity contribution in [1.29, 1.82) is 0 Å². The molecule has 1 amide bonds. The van der Waals surface area contributed by atoms with Crippen LogP contribution < -0.4 is 15.8 Å². The Labute approximate surface area is 217 Å². The number of carbonyl (C=O) groups excluding carboxylic acids is 1. The molecule has 2 aromatic rings. The molecule has 1 aliphatic heterocycles. The second-order valence-corrected chi connectivity index (χ2v) is 11.5. The summed E-state index contributed by atoms with van der Waals surface area (Å²) in [4.78, 5) is 25.6. The summed E-state index contributed by atoms with van der Waals surface area (Å²) in [5.74, 6) is 1.93. The van der Waals surface area contributed by atoms with Crippen molar-refractivity contribution in [3.8, 4) is 5.88 Å². The molecule has 1 aliphatic carbocycles. The standard InChI is InChI=1S/C27H36ClN5O3/c1-15-31-23(29)21-24(32-15)36-27(4,5)22(33-21)18-10-11-19(20(28)12-18)17-8-6-16(7-9-17)13-30-25(35)26(2,3)14-34/h10-12,16-17,34H,6-9,13-14H2,1-5H3,(H,30,35)(H2,29,31,32). The fourth-order valence-electron chi connectivity index (χ4n) is 4.92. The van der Waals surface area contributed by atoms with Crippen molar-refractivity contribution >= 4 is 34.7 Å². The van der Waals surface area contributed by atoms with Crippen molar-refractivity contribution in [2.45, 2.75) is 71.8 Å². The van der Waals surface area contributed by atoms with Crippen molar-refractivity contribution in [1.82, 2.24) is 15.3 Å². The Kier molecular flexibility index (Phi) is 7.30. The lowest BCUT2D eigenvalue weighted by molar-refractivity contribution is -0.131. The van der Waals surface area contributed by atoms with Gasteiger partial charge in [0.25, 0.3) is 0 Å². The van der Waals surface area contributed by atoms with Crippen LogP contribution in [0, 0.1) is 18.3 Å². The quantitative estimate of drug-likeness (QED) is 0.513. The minimum Gasteiger partial charge on any atom is -0.463 e. The number of rotatable bonds is 6. The van der Waals surface area contributed by atoms with Crippen LogP contribution in [0.3, 0.4) is 0 Å². The average Bonchev–Trinajstić information content (AvgIpc) is 2.81. The molecule has 1 aromatic heterocycles. The van der Waals surface area contributed by atoms with Crippen LogP contribution in [-0.4, -0.2) is 45.4 Å². The lowest BCUT2D eigenvalue weighted by Crippen LogP contribution is -2.41. The van der Waals surface area contributed by atoms with E-state index in [1.165, 1.54) is 0 Å². The number of anilines is 1. The maximum absolute atomic E-state index is 12.3. The summed E-state index contributed by atoms with van der Waals surface area (Å²) in [7, 11) is 0. The minimum absolute atomic E-state index is 0.102. The van der Waals surface area contributed by atoms with Gasteiger partial charge in [-0.1, -0.05) is 23.7 Å². The number of halogens is 1. The normalized spacial score (nSPS) is 21.2. The van der Waals surface area contributed by atoms with E-state index in [9.17, 15) is 9.90 Å². The Morgan fingerprint density at radius 3 is 2.58 bits per heavy atom. The van der Waals surface area contributed by atoms with Gasteiger partial charge in [0.1, 0.15) is 11.4 Å². The highest BCUT2D eigenvalue weighted by Gasteiger charge is 2.36. The van der Waals surface area contributed by atoms with E-state index in [0.29, 0.717) is 46.6 Å². The number of aliphatic hydroxyl groups is 1. The Morgan fingerprint density at radius 2 is 1.94 bits per heavy atom. The summed E-state index contributed by atoms with van der Waals surface area (Å²) in [5.41, 5.74) is 7.83. The Hall–Kier alpha value is -2.71. The molecule has 0 radical (unpaired) electrons. The molecular weight excluding hydrogens is 478 g/mol. The van der Waals surface area contributed by atoms with Crippen LogP contribution in [0.5, 0.6) is 5.88 Å². The third-order valence-corrected chi connectivity index (χ3v) is 7.59. The molecule has 8 nitrogen and oxygen atoms in total. The van der Waals surface area contributed by atoms with Crippen LogP contribution in [-0.2, 0) is 4.79 Å². The predicted octanol–water partition coefficient (Wildman–Crippen LogP) is 4.72. The molecule has 1 saturated carbocycles.